The highest BCUT2D eigenvalue weighted by molar-refractivity contribution is 5.09. The van der Waals surface area contributed by atoms with Gasteiger partial charge >= 0.3 is 0 Å². The van der Waals surface area contributed by atoms with Crippen LogP contribution in [-0.2, 0) is 6.54 Å². The monoisotopic (exact) mass is 231 g/mol. The SMILES string of the molecule is c1cc(CN2CCCC(NC3CC3)C2)ccn1. The number of nitrogens with zero attached hydrogens (tertiary/aromatic N) is 2. The molecule has 1 saturated carbocycles. The molecule has 1 aliphatic carbocycles. The molecule has 1 aromatic heterocycles. The second-order valence-electron chi connectivity index (χ2n) is 5.37. The van der Waals surface area contributed by atoms with E-state index in [2.05, 4.69) is 27.3 Å². The maximum Gasteiger partial charge on any atom is 0.0271 e. The van der Waals surface area contributed by atoms with Gasteiger partial charge in [0, 0.05) is 37.6 Å². The summed E-state index contributed by atoms with van der Waals surface area (Å²) in [5.41, 5.74) is 1.38. The van der Waals surface area contributed by atoms with E-state index in [-0.39, 0.29) is 0 Å². The highest BCUT2D eigenvalue weighted by atomic mass is 15.2. The van der Waals surface area contributed by atoms with Crippen LogP contribution in [0, 0.1) is 0 Å². The molecule has 1 unspecified atom stereocenters. The maximum absolute atomic E-state index is 4.07. The van der Waals surface area contributed by atoms with Gasteiger partial charge in [-0.1, -0.05) is 0 Å². The van der Waals surface area contributed by atoms with Crippen LogP contribution >= 0.6 is 0 Å². The highest BCUT2D eigenvalue weighted by Crippen LogP contribution is 2.22. The minimum absolute atomic E-state index is 0.720. The van der Waals surface area contributed by atoms with Crippen LogP contribution < -0.4 is 5.32 Å². The third-order valence-corrected chi connectivity index (χ3v) is 3.71. The van der Waals surface area contributed by atoms with Crippen molar-refractivity contribution < 1.29 is 0 Å². The molecule has 1 aromatic rings. The second-order valence-corrected chi connectivity index (χ2v) is 5.37. The number of piperidine rings is 1. The van der Waals surface area contributed by atoms with E-state index < -0.39 is 0 Å². The van der Waals surface area contributed by atoms with Crippen molar-refractivity contribution in [3.05, 3.63) is 30.1 Å². The number of nitrogens with one attached hydrogen (secondary N) is 1. The summed E-state index contributed by atoms with van der Waals surface area (Å²) in [6, 6.07) is 5.80. The fraction of sp³-hybridized carbons (Fsp3) is 0.643. The molecule has 0 amide bonds. The van der Waals surface area contributed by atoms with Crippen LogP contribution in [0.3, 0.4) is 0 Å². The number of hydrogen-bond donors (Lipinski definition) is 1. The van der Waals surface area contributed by atoms with Crippen molar-refractivity contribution in [2.24, 2.45) is 0 Å². The van der Waals surface area contributed by atoms with Crippen molar-refractivity contribution in [3.8, 4) is 0 Å². The van der Waals surface area contributed by atoms with E-state index in [1.807, 2.05) is 12.4 Å². The Hall–Kier alpha value is -0.930. The fourth-order valence-electron chi connectivity index (χ4n) is 2.66. The summed E-state index contributed by atoms with van der Waals surface area (Å²) in [7, 11) is 0. The number of likely N-dealkylation sites (tertiary alicyclic amines) is 1. The molecular formula is C14H21N3. The Labute approximate surface area is 103 Å². The average Bonchev–Trinajstić information content (AvgIpc) is 3.15. The Kier molecular flexibility index (Phi) is 3.39. The lowest BCUT2D eigenvalue weighted by Gasteiger charge is -2.33. The second kappa shape index (κ2) is 5.15. The van der Waals surface area contributed by atoms with Crippen LogP contribution in [0.25, 0.3) is 0 Å². The maximum atomic E-state index is 4.07. The standard InChI is InChI=1S/C14H21N3/c1-2-14(16-13-3-4-13)11-17(9-1)10-12-5-7-15-8-6-12/h5-8,13-14,16H,1-4,9-11H2. The summed E-state index contributed by atoms with van der Waals surface area (Å²) < 4.78 is 0. The van der Waals surface area contributed by atoms with Gasteiger partial charge in [0.15, 0.2) is 0 Å². The normalized spacial score (nSPS) is 26.0. The highest BCUT2D eigenvalue weighted by Gasteiger charge is 2.27. The van der Waals surface area contributed by atoms with Crippen molar-refractivity contribution in [3.63, 3.8) is 0 Å². The summed E-state index contributed by atoms with van der Waals surface area (Å²) in [6.45, 7) is 3.52. The zero-order valence-corrected chi connectivity index (χ0v) is 10.3. The van der Waals surface area contributed by atoms with E-state index in [0.29, 0.717) is 0 Å². The summed E-state index contributed by atoms with van der Waals surface area (Å²) in [5, 5.41) is 3.75. The van der Waals surface area contributed by atoms with Crippen LogP contribution in [0.2, 0.25) is 0 Å². The summed E-state index contributed by atoms with van der Waals surface area (Å²) in [5.74, 6) is 0. The Balaban J connectivity index is 1.52. The van der Waals surface area contributed by atoms with Gasteiger partial charge in [0.05, 0.1) is 0 Å². The molecule has 1 aliphatic heterocycles. The van der Waals surface area contributed by atoms with Gasteiger partial charge in [-0.25, -0.2) is 0 Å². The summed E-state index contributed by atoms with van der Waals surface area (Å²) in [6.07, 6.45) is 9.24. The minimum atomic E-state index is 0.720. The number of rotatable bonds is 4. The predicted molar refractivity (Wildman–Crippen MR) is 68.7 cm³/mol. The van der Waals surface area contributed by atoms with Gasteiger partial charge in [-0.2, -0.15) is 0 Å². The van der Waals surface area contributed by atoms with E-state index in [0.717, 1.165) is 18.6 Å². The first-order valence-electron chi connectivity index (χ1n) is 6.77. The van der Waals surface area contributed by atoms with E-state index in [1.165, 1.54) is 44.3 Å². The third-order valence-electron chi connectivity index (χ3n) is 3.71. The molecule has 0 bridgehead atoms. The lowest BCUT2D eigenvalue weighted by molar-refractivity contribution is 0.182. The van der Waals surface area contributed by atoms with Gasteiger partial charge < -0.3 is 5.32 Å². The topological polar surface area (TPSA) is 28.2 Å². The van der Waals surface area contributed by atoms with Gasteiger partial charge in [0.25, 0.3) is 0 Å². The minimum Gasteiger partial charge on any atom is -0.310 e. The third kappa shape index (κ3) is 3.27. The molecule has 3 heteroatoms. The van der Waals surface area contributed by atoms with E-state index in [9.17, 15) is 0 Å². The molecule has 2 heterocycles. The quantitative estimate of drug-likeness (QED) is 0.856. The molecule has 2 fully saturated rings. The van der Waals surface area contributed by atoms with Gasteiger partial charge in [0.1, 0.15) is 0 Å². The van der Waals surface area contributed by atoms with Crippen molar-refractivity contribution in [2.45, 2.75) is 44.3 Å². The molecule has 2 aliphatic rings. The number of hydrogen-bond acceptors (Lipinski definition) is 3. The molecular weight excluding hydrogens is 210 g/mol. The number of aromatic nitrogens is 1. The van der Waals surface area contributed by atoms with Crippen molar-refractivity contribution in [1.82, 2.24) is 15.2 Å². The molecule has 0 radical (unpaired) electrons. The van der Waals surface area contributed by atoms with Crippen LogP contribution in [-0.4, -0.2) is 35.1 Å². The Morgan fingerprint density at radius 1 is 1.18 bits per heavy atom. The average molecular weight is 231 g/mol. The Morgan fingerprint density at radius 3 is 2.76 bits per heavy atom. The van der Waals surface area contributed by atoms with Crippen molar-refractivity contribution in [1.29, 1.82) is 0 Å². The summed E-state index contributed by atoms with van der Waals surface area (Å²) in [4.78, 5) is 6.64. The zero-order valence-electron chi connectivity index (χ0n) is 10.3. The van der Waals surface area contributed by atoms with Gasteiger partial charge in [-0.15, -0.1) is 0 Å². The molecule has 1 N–H and O–H groups in total. The number of pyridine rings is 1. The van der Waals surface area contributed by atoms with Gasteiger partial charge in [0.2, 0.25) is 0 Å². The Morgan fingerprint density at radius 2 is 2.00 bits per heavy atom. The molecule has 3 rings (SSSR count). The molecule has 1 atom stereocenters. The molecule has 1 saturated heterocycles. The smallest absolute Gasteiger partial charge is 0.0271 e. The first kappa shape index (κ1) is 11.2. The van der Waals surface area contributed by atoms with Crippen molar-refractivity contribution >= 4 is 0 Å². The van der Waals surface area contributed by atoms with Gasteiger partial charge in [-0.05, 0) is 49.9 Å². The van der Waals surface area contributed by atoms with Crippen LogP contribution in [0.1, 0.15) is 31.2 Å². The Bertz CT molecular complexity index is 348. The molecule has 0 aromatic carbocycles. The first-order valence-corrected chi connectivity index (χ1v) is 6.77. The lowest BCUT2D eigenvalue weighted by Crippen LogP contribution is -2.46. The fourth-order valence-corrected chi connectivity index (χ4v) is 2.66. The largest absolute Gasteiger partial charge is 0.310 e. The van der Waals surface area contributed by atoms with E-state index in [4.69, 9.17) is 0 Å². The van der Waals surface area contributed by atoms with E-state index in [1.54, 1.807) is 0 Å². The van der Waals surface area contributed by atoms with Gasteiger partial charge in [-0.3, -0.25) is 9.88 Å². The van der Waals surface area contributed by atoms with Crippen molar-refractivity contribution in [2.75, 3.05) is 13.1 Å². The lowest BCUT2D eigenvalue weighted by atomic mass is 10.0. The first-order chi connectivity index (χ1) is 8.40. The van der Waals surface area contributed by atoms with Crippen LogP contribution in [0.5, 0.6) is 0 Å². The van der Waals surface area contributed by atoms with Crippen LogP contribution in [0.4, 0.5) is 0 Å². The zero-order chi connectivity index (χ0) is 11.5. The predicted octanol–water partition coefficient (Wildman–Crippen LogP) is 1.80. The molecule has 0 spiro atoms. The molecule has 3 nitrogen and oxygen atoms in total. The van der Waals surface area contributed by atoms with E-state index >= 15 is 0 Å². The van der Waals surface area contributed by atoms with Crippen LogP contribution in [0.15, 0.2) is 24.5 Å². The molecule has 17 heavy (non-hydrogen) atoms. The summed E-state index contributed by atoms with van der Waals surface area (Å²) >= 11 is 0. The molecule has 92 valence electrons.